The van der Waals surface area contributed by atoms with Crippen molar-refractivity contribution in [1.29, 1.82) is 0 Å². The lowest BCUT2D eigenvalue weighted by Gasteiger charge is -2.32. The number of halogens is 2. The Morgan fingerprint density at radius 3 is 2.28 bits per heavy atom. The van der Waals surface area contributed by atoms with Crippen LogP contribution in [0.25, 0.3) is 0 Å². The average molecular weight is 477 g/mol. The molecule has 1 saturated carbocycles. The molecule has 1 N–H and O–H groups in total. The summed E-state index contributed by atoms with van der Waals surface area (Å²) in [6.45, 7) is 2.23. The average Bonchev–Trinajstić information content (AvgIpc) is 3.29. The first kappa shape index (κ1) is 24.4. The van der Waals surface area contributed by atoms with Crippen LogP contribution in [0.15, 0.2) is 42.5 Å². The maximum atomic E-state index is 13.5. The molecular formula is C25H30Cl2N2O3. The molecule has 2 amide bonds. The van der Waals surface area contributed by atoms with Gasteiger partial charge in [-0.25, -0.2) is 0 Å². The molecule has 1 aliphatic carbocycles. The number of hydrogen-bond acceptors (Lipinski definition) is 3. The van der Waals surface area contributed by atoms with Crippen molar-refractivity contribution in [1.82, 2.24) is 10.2 Å². The van der Waals surface area contributed by atoms with Gasteiger partial charge >= 0.3 is 0 Å². The molecule has 1 aliphatic rings. The minimum atomic E-state index is -0.577. The lowest BCUT2D eigenvalue weighted by Crippen LogP contribution is -2.51. The third-order valence-electron chi connectivity index (χ3n) is 5.99. The predicted octanol–water partition coefficient (Wildman–Crippen LogP) is 5.41. The fourth-order valence-electron chi connectivity index (χ4n) is 4.17. The Morgan fingerprint density at radius 1 is 1.09 bits per heavy atom. The van der Waals surface area contributed by atoms with E-state index in [1.807, 2.05) is 31.2 Å². The van der Waals surface area contributed by atoms with Crippen molar-refractivity contribution in [2.75, 3.05) is 7.11 Å². The first-order valence-corrected chi connectivity index (χ1v) is 11.8. The molecule has 3 rings (SSSR count). The molecule has 0 aromatic heterocycles. The molecule has 1 atom stereocenters. The van der Waals surface area contributed by atoms with Gasteiger partial charge in [-0.05, 0) is 54.7 Å². The van der Waals surface area contributed by atoms with Gasteiger partial charge in [0.25, 0.3) is 0 Å². The van der Waals surface area contributed by atoms with Crippen LogP contribution in [0.2, 0.25) is 10.0 Å². The molecule has 0 bridgehead atoms. The fraction of sp³-hybridized carbons (Fsp3) is 0.440. The van der Waals surface area contributed by atoms with Crippen LogP contribution in [0.3, 0.4) is 0 Å². The summed E-state index contributed by atoms with van der Waals surface area (Å²) in [5.74, 6) is 0.441. The second-order valence-electron chi connectivity index (χ2n) is 8.16. The molecule has 5 nitrogen and oxygen atoms in total. The molecule has 0 aliphatic heterocycles. The fourth-order valence-corrected chi connectivity index (χ4v) is 4.70. The highest BCUT2D eigenvalue weighted by Crippen LogP contribution is 2.26. The zero-order valence-electron chi connectivity index (χ0n) is 18.6. The topological polar surface area (TPSA) is 58.6 Å². The molecule has 2 aromatic rings. The Morgan fingerprint density at radius 2 is 1.72 bits per heavy atom. The standard InChI is InChI=1S/C25H30Cl2N2O3/c1-3-23(25(31)28-18-7-4-5-8-18)29(16-17-11-13-19(32-2)14-12-17)24(30)15-20-21(26)9-6-10-22(20)27/h6,9-14,18,23H,3-5,7-8,15-16H2,1-2H3,(H,28,31)/t23-/m1/s1. The van der Waals surface area contributed by atoms with Crippen LogP contribution in [-0.4, -0.2) is 35.9 Å². The summed E-state index contributed by atoms with van der Waals surface area (Å²) >= 11 is 12.6. The lowest BCUT2D eigenvalue weighted by atomic mass is 10.1. The van der Waals surface area contributed by atoms with E-state index in [1.54, 1.807) is 30.2 Å². The van der Waals surface area contributed by atoms with E-state index < -0.39 is 6.04 Å². The number of carbonyl (C=O) groups excluding carboxylic acids is 2. The van der Waals surface area contributed by atoms with Crippen LogP contribution in [0.5, 0.6) is 5.75 Å². The van der Waals surface area contributed by atoms with E-state index in [4.69, 9.17) is 27.9 Å². The molecular weight excluding hydrogens is 447 g/mol. The first-order chi connectivity index (χ1) is 15.4. The van der Waals surface area contributed by atoms with Gasteiger partial charge in [0.2, 0.25) is 11.8 Å². The Labute approximate surface area is 200 Å². The maximum absolute atomic E-state index is 13.5. The number of nitrogens with zero attached hydrogens (tertiary/aromatic N) is 1. The highest BCUT2D eigenvalue weighted by Gasteiger charge is 2.31. The van der Waals surface area contributed by atoms with Gasteiger partial charge in [0.1, 0.15) is 11.8 Å². The van der Waals surface area contributed by atoms with Crippen LogP contribution >= 0.6 is 23.2 Å². The van der Waals surface area contributed by atoms with Crippen molar-refractivity contribution in [2.24, 2.45) is 0 Å². The van der Waals surface area contributed by atoms with Gasteiger partial charge in [0.05, 0.1) is 13.5 Å². The van der Waals surface area contributed by atoms with Crippen LogP contribution < -0.4 is 10.1 Å². The van der Waals surface area contributed by atoms with Crippen LogP contribution in [0, 0.1) is 0 Å². The Balaban J connectivity index is 1.85. The van der Waals surface area contributed by atoms with Gasteiger partial charge < -0.3 is 15.0 Å². The quantitative estimate of drug-likeness (QED) is 0.526. The van der Waals surface area contributed by atoms with E-state index in [2.05, 4.69) is 5.32 Å². The Hall–Kier alpha value is -2.24. The number of carbonyl (C=O) groups is 2. The van der Waals surface area contributed by atoms with Crippen molar-refractivity contribution in [2.45, 2.75) is 64.1 Å². The van der Waals surface area contributed by atoms with Crippen molar-refractivity contribution in [3.63, 3.8) is 0 Å². The summed E-state index contributed by atoms with van der Waals surface area (Å²) in [4.78, 5) is 28.3. The smallest absolute Gasteiger partial charge is 0.243 e. The molecule has 32 heavy (non-hydrogen) atoms. The monoisotopic (exact) mass is 476 g/mol. The normalized spacial score (nSPS) is 14.8. The molecule has 0 saturated heterocycles. The van der Waals surface area contributed by atoms with Crippen LogP contribution in [0.4, 0.5) is 0 Å². The third-order valence-corrected chi connectivity index (χ3v) is 6.70. The number of rotatable bonds is 9. The third kappa shape index (κ3) is 6.17. The summed E-state index contributed by atoms with van der Waals surface area (Å²) < 4.78 is 5.23. The predicted molar refractivity (Wildman–Crippen MR) is 128 cm³/mol. The Kier molecular flexibility index (Phi) is 8.83. The van der Waals surface area contributed by atoms with Crippen molar-refractivity contribution in [3.05, 3.63) is 63.6 Å². The van der Waals surface area contributed by atoms with Crippen molar-refractivity contribution < 1.29 is 14.3 Å². The molecule has 2 aromatic carbocycles. The van der Waals surface area contributed by atoms with E-state index in [9.17, 15) is 9.59 Å². The highest BCUT2D eigenvalue weighted by atomic mass is 35.5. The molecule has 7 heteroatoms. The molecule has 172 valence electrons. The summed E-state index contributed by atoms with van der Waals surface area (Å²) in [6, 6.07) is 12.3. The summed E-state index contributed by atoms with van der Waals surface area (Å²) in [6.07, 6.45) is 4.77. The van der Waals surface area contributed by atoms with Gasteiger partial charge in [-0.2, -0.15) is 0 Å². The summed E-state index contributed by atoms with van der Waals surface area (Å²) in [5, 5.41) is 4.04. The SMILES string of the molecule is CC[C@H](C(=O)NC1CCCC1)N(Cc1ccc(OC)cc1)C(=O)Cc1c(Cl)cccc1Cl. The van der Waals surface area contributed by atoms with Gasteiger partial charge in [-0.3, -0.25) is 9.59 Å². The number of ether oxygens (including phenoxy) is 1. The molecule has 0 radical (unpaired) electrons. The number of nitrogens with one attached hydrogen (secondary N) is 1. The summed E-state index contributed by atoms with van der Waals surface area (Å²) in [7, 11) is 1.61. The lowest BCUT2D eigenvalue weighted by molar-refractivity contribution is -0.141. The van der Waals surface area contributed by atoms with Crippen LogP contribution in [-0.2, 0) is 22.6 Å². The second kappa shape index (κ2) is 11.6. The van der Waals surface area contributed by atoms with Crippen molar-refractivity contribution in [3.8, 4) is 5.75 Å². The van der Waals surface area contributed by atoms with Gasteiger partial charge in [0.15, 0.2) is 0 Å². The molecule has 0 heterocycles. The first-order valence-electron chi connectivity index (χ1n) is 11.1. The van der Waals surface area contributed by atoms with Crippen molar-refractivity contribution >= 4 is 35.0 Å². The van der Waals surface area contributed by atoms with E-state index in [0.717, 1.165) is 37.0 Å². The van der Waals surface area contributed by atoms with Crippen LogP contribution in [0.1, 0.15) is 50.2 Å². The van der Waals surface area contributed by atoms with E-state index in [0.29, 0.717) is 28.6 Å². The number of benzene rings is 2. The number of methoxy groups -OCH3 is 1. The van der Waals surface area contributed by atoms with Gasteiger partial charge in [-0.1, -0.05) is 61.2 Å². The van der Waals surface area contributed by atoms with Gasteiger partial charge in [0, 0.05) is 22.6 Å². The zero-order valence-corrected chi connectivity index (χ0v) is 20.1. The molecule has 0 spiro atoms. The van der Waals surface area contributed by atoms with E-state index in [1.165, 1.54) is 0 Å². The number of amides is 2. The summed E-state index contributed by atoms with van der Waals surface area (Å²) in [5.41, 5.74) is 1.49. The Bertz CT molecular complexity index is 907. The zero-order chi connectivity index (χ0) is 23.1. The minimum absolute atomic E-state index is 0.0296. The van der Waals surface area contributed by atoms with Gasteiger partial charge in [-0.15, -0.1) is 0 Å². The largest absolute Gasteiger partial charge is 0.497 e. The minimum Gasteiger partial charge on any atom is -0.497 e. The van der Waals surface area contributed by atoms with E-state index in [-0.39, 0.29) is 24.3 Å². The second-order valence-corrected chi connectivity index (χ2v) is 8.98. The van der Waals surface area contributed by atoms with E-state index >= 15 is 0 Å². The number of hydrogen-bond donors (Lipinski definition) is 1. The molecule has 0 unspecified atom stereocenters. The highest BCUT2D eigenvalue weighted by molar-refractivity contribution is 6.36. The maximum Gasteiger partial charge on any atom is 0.243 e. The molecule has 1 fully saturated rings.